The zero-order valence-corrected chi connectivity index (χ0v) is 21.0. The highest BCUT2D eigenvalue weighted by atomic mass is 16.5. The van der Waals surface area contributed by atoms with E-state index in [0.29, 0.717) is 37.5 Å². The molecule has 0 aromatic heterocycles. The molecule has 0 radical (unpaired) electrons. The fraction of sp³-hybridized carbons (Fsp3) is 0.481. The minimum Gasteiger partial charge on any atom is -0.507 e. The summed E-state index contributed by atoms with van der Waals surface area (Å²) in [6, 6.07) is 9.17. The van der Waals surface area contributed by atoms with Gasteiger partial charge in [-0.15, -0.1) is 0 Å². The van der Waals surface area contributed by atoms with Crippen molar-refractivity contribution in [2.45, 2.75) is 46.7 Å². The van der Waals surface area contributed by atoms with Gasteiger partial charge in [-0.2, -0.15) is 0 Å². The molecule has 2 amide bonds. The molecule has 7 heteroatoms. The zero-order chi connectivity index (χ0) is 24.8. The molecule has 2 aromatic carbocycles. The normalized spacial score (nSPS) is 21.8. The highest BCUT2D eigenvalue weighted by molar-refractivity contribution is 5.94. The monoisotopic (exact) mass is 465 g/mol. The number of hydrogen-bond donors (Lipinski definition) is 2. The standard InChI is InChI=1S/C27H35N3O4/c1-17-15-18(2)24(32)23-22(17)16-26(4,5)27(23,28-19(3)31)30-13-11-29(12-14-30)25(33)20-7-9-21(34-6)10-8-20/h7-10,15,32H,11-14,16H2,1-6H3,(H,28,31). The number of methoxy groups -OCH3 is 1. The molecule has 34 heavy (non-hydrogen) atoms. The number of aromatic hydroxyl groups is 1. The Morgan fingerprint density at radius 3 is 2.21 bits per heavy atom. The Morgan fingerprint density at radius 1 is 1.03 bits per heavy atom. The minimum atomic E-state index is -0.857. The van der Waals surface area contributed by atoms with Crippen LogP contribution in [0.1, 0.15) is 53.4 Å². The van der Waals surface area contributed by atoms with Gasteiger partial charge >= 0.3 is 0 Å². The van der Waals surface area contributed by atoms with E-state index in [-0.39, 0.29) is 23.0 Å². The number of nitrogens with zero attached hydrogens (tertiary/aromatic N) is 2. The maximum atomic E-state index is 13.1. The third-order valence-electron chi connectivity index (χ3n) is 7.52. The minimum absolute atomic E-state index is 0.0171. The lowest BCUT2D eigenvalue weighted by atomic mass is 9.77. The lowest BCUT2D eigenvalue weighted by Crippen LogP contribution is -2.67. The van der Waals surface area contributed by atoms with Crippen molar-refractivity contribution < 1.29 is 19.4 Å². The number of phenols is 1. The van der Waals surface area contributed by atoms with Crippen molar-refractivity contribution >= 4 is 11.8 Å². The molecular weight excluding hydrogens is 430 g/mol. The average Bonchev–Trinajstić information content (AvgIpc) is 3.04. The Labute approximate surface area is 201 Å². The number of hydrogen-bond acceptors (Lipinski definition) is 5. The molecule has 0 bridgehead atoms. The van der Waals surface area contributed by atoms with Gasteiger partial charge in [-0.3, -0.25) is 14.5 Å². The lowest BCUT2D eigenvalue weighted by Gasteiger charge is -2.53. The number of rotatable bonds is 4. The Morgan fingerprint density at radius 2 is 1.65 bits per heavy atom. The first-order chi connectivity index (χ1) is 16.0. The number of benzene rings is 2. The number of phenolic OH excluding ortho intramolecular Hbond substituents is 1. The van der Waals surface area contributed by atoms with Crippen LogP contribution in [0.3, 0.4) is 0 Å². The summed E-state index contributed by atoms with van der Waals surface area (Å²) in [5, 5.41) is 14.5. The van der Waals surface area contributed by atoms with Crippen LogP contribution in [0.25, 0.3) is 0 Å². The topological polar surface area (TPSA) is 82.1 Å². The summed E-state index contributed by atoms with van der Waals surface area (Å²) in [5.41, 5.74) is 3.24. The summed E-state index contributed by atoms with van der Waals surface area (Å²) in [6.45, 7) is 12.0. The molecule has 4 rings (SSSR count). The molecular formula is C27H35N3O4. The van der Waals surface area contributed by atoms with E-state index in [9.17, 15) is 14.7 Å². The number of fused-ring (bicyclic) bond motifs is 1. The van der Waals surface area contributed by atoms with E-state index in [1.807, 2.05) is 17.9 Å². The Bertz CT molecular complexity index is 1120. The summed E-state index contributed by atoms with van der Waals surface area (Å²) >= 11 is 0. The van der Waals surface area contributed by atoms with Crippen LogP contribution in [-0.4, -0.2) is 60.0 Å². The maximum Gasteiger partial charge on any atom is 0.253 e. The highest BCUT2D eigenvalue weighted by Gasteiger charge is 2.59. The van der Waals surface area contributed by atoms with E-state index >= 15 is 0 Å². The van der Waals surface area contributed by atoms with E-state index in [1.54, 1.807) is 31.4 Å². The van der Waals surface area contributed by atoms with Gasteiger partial charge in [0.1, 0.15) is 17.2 Å². The van der Waals surface area contributed by atoms with Gasteiger partial charge in [0.2, 0.25) is 5.91 Å². The summed E-state index contributed by atoms with van der Waals surface area (Å²) < 4.78 is 5.20. The Balaban J connectivity index is 1.67. The molecule has 2 N–H and O–H groups in total. The van der Waals surface area contributed by atoms with Gasteiger partial charge in [-0.05, 0) is 61.2 Å². The van der Waals surface area contributed by atoms with Crippen LogP contribution >= 0.6 is 0 Å². The quantitative estimate of drug-likeness (QED) is 0.724. The summed E-state index contributed by atoms with van der Waals surface area (Å²) in [7, 11) is 1.60. The molecule has 7 nitrogen and oxygen atoms in total. The highest BCUT2D eigenvalue weighted by Crippen LogP contribution is 2.56. The van der Waals surface area contributed by atoms with E-state index in [0.717, 1.165) is 28.7 Å². The number of ether oxygens (including phenoxy) is 1. The van der Waals surface area contributed by atoms with Crippen molar-refractivity contribution in [1.29, 1.82) is 0 Å². The fourth-order valence-corrected chi connectivity index (χ4v) is 5.86. The second-order valence-corrected chi connectivity index (χ2v) is 10.2. The van der Waals surface area contributed by atoms with Crippen molar-refractivity contribution in [2.75, 3.05) is 33.3 Å². The molecule has 0 saturated carbocycles. The lowest BCUT2D eigenvalue weighted by molar-refractivity contribution is -0.131. The Hall–Kier alpha value is -3.06. The number of amides is 2. The van der Waals surface area contributed by atoms with Crippen LogP contribution in [0.5, 0.6) is 11.5 Å². The van der Waals surface area contributed by atoms with Crippen molar-refractivity contribution in [2.24, 2.45) is 5.41 Å². The molecule has 0 spiro atoms. The van der Waals surface area contributed by atoms with Gasteiger partial charge in [0.05, 0.1) is 7.11 Å². The van der Waals surface area contributed by atoms with Crippen molar-refractivity contribution in [3.8, 4) is 11.5 Å². The Kier molecular flexibility index (Phi) is 6.10. The third kappa shape index (κ3) is 3.72. The largest absolute Gasteiger partial charge is 0.507 e. The van der Waals surface area contributed by atoms with Gasteiger partial charge in [-0.25, -0.2) is 0 Å². The fourth-order valence-electron chi connectivity index (χ4n) is 5.86. The average molecular weight is 466 g/mol. The number of carbonyl (C=O) groups excluding carboxylic acids is 2. The second-order valence-electron chi connectivity index (χ2n) is 10.2. The molecule has 1 saturated heterocycles. The van der Waals surface area contributed by atoms with Crippen LogP contribution < -0.4 is 10.1 Å². The molecule has 182 valence electrons. The first-order valence-corrected chi connectivity index (χ1v) is 11.8. The molecule has 1 heterocycles. The smallest absolute Gasteiger partial charge is 0.253 e. The number of aryl methyl sites for hydroxylation is 2. The van der Waals surface area contributed by atoms with E-state index in [4.69, 9.17) is 4.74 Å². The molecule has 1 atom stereocenters. The molecule has 1 aliphatic heterocycles. The number of nitrogens with one attached hydrogen (secondary N) is 1. The molecule has 1 aliphatic carbocycles. The molecule has 1 fully saturated rings. The van der Waals surface area contributed by atoms with Crippen LogP contribution in [0.4, 0.5) is 0 Å². The van der Waals surface area contributed by atoms with Gasteiger partial charge in [0, 0.05) is 49.6 Å². The van der Waals surface area contributed by atoms with Crippen molar-refractivity contribution in [3.63, 3.8) is 0 Å². The number of piperazine rings is 1. The maximum absolute atomic E-state index is 13.1. The van der Waals surface area contributed by atoms with Gasteiger partial charge in [0.15, 0.2) is 0 Å². The zero-order valence-electron chi connectivity index (χ0n) is 21.0. The molecule has 2 aromatic rings. The van der Waals surface area contributed by atoms with Crippen LogP contribution in [0.2, 0.25) is 0 Å². The first kappa shape index (κ1) is 24.1. The van der Waals surface area contributed by atoms with Gasteiger partial charge in [0.25, 0.3) is 5.91 Å². The van der Waals surface area contributed by atoms with Gasteiger partial charge < -0.3 is 20.1 Å². The molecule has 1 unspecified atom stereocenters. The first-order valence-electron chi connectivity index (χ1n) is 11.8. The number of carbonyl (C=O) groups is 2. The predicted octanol–water partition coefficient (Wildman–Crippen LogP) is 3.35. The van der Waals surface area contributed by atoms with Gasteiger partial charge in [-0.1, -0.05) is 19.9 Å². The van der Waals surface area contributed by atoms with Crippen LogP contribution in [0, 0.1) is 19.3 Å². The van der Waals surface area contributed by atoms with Crippen molar-refractivity contribution in [1.82, 2.24) is 15.1 Å². The summed E-state index contributed by atoms with van der Waals surface area (Å²) in [6.07, 6.45) is 0.743. The summed E-state index contributed by atoms with van der Waals surface area (Å²) in [4.78, 5) is 29.8. The van der Waals surface area contributed by atoms with E-state index < -0.39 is 5.66 Å². The predicted molar refractivity (Wildman–Crippen MR) is 131 cm³/mol. The SMILES string of the molecule is COc1ccc(C(=O)N2CCN(C3(NC(C)=O)c4c(O)c(C)cc(C)c4CC3(C)C)CC2)cc1. The molecule has 2 aliphatic rings. The van der Waals surface area contributed by atoms with Crippen LogP contribution in [-0.2, 0) is 16.9 Å². The second kappa shape index (κ2) is 8.62. The van der Waals surface area contributed by atoms with Crippen molar-refractivity contribution in [3.05, 3.63) is 58.1 Å². The third-order valence-corrected chi connectivity index (χ3v) is 7.52. The van der Waals surface area contributed by atoms with Crippen LogP contribution in [0.15, 0.2) is 30.3 Å². The van der Waals surface area contributed by atoms with E-state index in [1.165, 1.54) is 6.92 Å². The van der Waals surface area contributed by atoms with E-state index in [2.05, 4.69) is 31.0 Å². The summed E-state index contributed by atoms with van der Waals surface area (Å²) in [5.74, 6) is 0.801.